The van der Waals surface area contributed by atoms with Gasteiger partial charge in [0.2, 0.25) is 0 Å². The van der Waals surface area contributed by atoms with E-state index in [0.29, 0.717) is 0 Å². The van der Waals surface area contributed by atoms with Crippen LogP contribution in [-0.4, -0.2) is 4.98 Å². The largest absolute Gasteiger partial charge is 0.255 e. The van der Waals surface area contributed by atoms with Gasteiger partial charge in [-0.3, -0.25) is 4.98 Å². The number of thiophene rings is 1. The van der Waals surface area contributed by atoms with Gasteiger partial charge >= 0.3 is 0 Å². The Morgan fingerprint density at radius 2 is 1.71 bits per heavy atom. The predicted octanol–water partition coefficient (Wildman–Crippen LogP) is 4.99. The fraction of sp³-hybridized carbons (Fsp3) is 0.133. The molecule has 0 radical (unpaired) electrons. The van der Waals surface area contributed by atoms with Crippen molar-refractivity contribution in [1.29, 1.82) is 0 Å². The van der Waals surface area contributed by atoms with Gasteiger partial charge in [0.1, 0.15) is 0 Å². The zero-order valence-corrected chi connectivity index (χ0v) is 10.9. The summed E-state index contributed by atoms with van der Waals surface area (Å²) < 4.78 is 1.32. The maximum Gasteiger partial charge on any atom is 0.0802 e. The lowest BCUT2D eigenvalue weighted by Gasteiger charge is -1.92. The van der Waals surface area contributed by atoms with Gasteiger partial charge in [0.25, 0.3) is 0 Å². The molecule has 0 N–H and O–H groups in total. The Kier molecular flexibility index (Phi) is 3.89. The van der Waals surface area contributed by atoms with Crippen molar-refractivity contribution in [3.8, 4) is 10.6 Å². The molecule has 0 saturated carbocycles. The van der Waals surface area contributed by atoms with E-state index in [4.69, 9.17) is 0 Å². The topological polar surface area (TPSA) is 12.9 Å². The Bertz CT molecular complexity index is 551. The normalized spacial score (nSPS) is 9.76. The predicted molar refractivity (Wildman–Crippen MR) is 76.4 cm³/mol. The minimum Gasteiger partial charge on any atom is -0.255 e. The molecule has 17 heavy (non-hydrogen) atoms. The van der Waals surface area contributed by atoms with E-state index in [2.05, 4.69) is 35.3 Å². The number of aromatic nitrogens is 1. The maximum absolute atomic E-state index is 4.35. The second kappa shape index (κ2) is 5.60. The van der Waals surface area contributed by atoms with Crippen LogP contribution in [0.5, 0.6) is 0 Å². The van der Waals surface area contributed by atoms with Gasteiger partial charge in [-0.1, -0.05) is 38.1 Å². The number of fused-ring (bicyclic) bond motifs is 1. The third-order valence-electron chi connectivity index (χ3n) is 2.34. The summed E-state index contributed by atoms with van der Waals surface area (Å²) >= 11 is 1.79. The van der Waals surface area contributed by atoms with Gasteiger partial charge < -0.3 is 0 Å². The highest BCUT2D eigenvalue weighted by molar-refractivity contribution is 7.22. The third kappa shape index (κ3) is 2.53. The molecule has 3 rings (SSSR count). The summed E-state index contributed by atoms with van der Waals surface area (Å²) in [4.78, 5) is 5.59. The van der Waals surface area contributed by atoms with Crippen molar-refractivity contribution < 1.29 is 0 Å². The van der Waals surface area contributed by atoms with E-state index in [1.165, 1.54) is 15.0 Å². The van der Waals surface area contributed by atoms with Gasteiger partial charge in [-0.05, 0) is 29.7 Å². The number of benzene rings is 1. The Morgan fingerprint density at radius 1 is 0.941 bits per heavy atom. The third-order valence-corrected chi connectivity index (χ3v) is 3.48. The molecule has 0 amide bonds. The molecule has 86 valence electrons. The van der Waals surface area contributed by atoms with Crippen LogP contribution in [0.1, 0.15) is 13.8 Å². The smallest absolute Gasteiger partial charge is 0.0802 e. The standard InChI is InChI=1S/C13H9NS.C2H6/c1-2-7-12-10(5-1)9-13(15-12)11-6-3-4-8-14-11;1-2/h1-9H;1-2H3. The van der Waals surface area contributed by atoms with E-state index in [9.17, 15) is 0 Å². The molecule has 0 unspecified atom stereocenters. The van der Waals surface area contributed by atoms with Crippen molar-refractivity contribution in [3.63, 3.8) is 0 Å². The summed E-state index contributed by atoms with van der Waals surface area (Å²) in [6.07, 6.45) is 1.83. The molecule has 1 aromatic carbocycles. The van der Waals surface area contributed by atoms with Crippen LogP contribution in [0.3, 0.4) is 0 Å². The molecular weight excluding hydrogens is 226 g/mol. The Morgan fingerprint density at radius 3 is 2.41 bits per heavy atom. The van der Waals surface area contributed by atoms with Gasteiger partial charge in [-0.25, -0.2) is 0 Å². The highest BCUT2D eigenvalue weighted by Crippen LogP contribution is 2.31. The average molecular weight is 241 g/mol. The second-order valence-electron chi connectivity index (χ2n) is 3.36. The van der Waals surface area contributed by atoms with Crippen molar-refractivity contribution in [2.24, 2.45) is 0 Å². The van der Waals surface area contributed by atoms with Crippen molar-refractivity contribution in [3.05, 3.63) is 54.7 Å². The molecule has 0 atom stereocenters. The summed E-state index contributed by atoms with van der Waals surface area (Å²) in [5.41, 5.74) is 1.05. The van der Waals surface area contributed by atoms with Crippen LogP contribution in [0.15, 0.2) is 54.7 Å². The molecule has 0 fully saturated rings. The van der Waals surface area contributed by atoms with E-state index in [-0.39, 0.29) is 0 Å². The summed E-state index contributed by atoms with van der Waals surface area (Å²) in [6.45, 7) is 4.00. The van der Waals surface area contributed by atoms with Crippen LogP contribution in [0.25, 0.3) is 20.7 Å². The molecule has 1 nitrogen and oxygen atoms in total. The van der Waals surface area contributed by atoms with E-state index < -0.39 is 0 Å². The minimum absolute atomic E-state index is 1.05. The Labute approximate surface area is 106 Å². The number of nitrogens with zero attached hydrogens (tertiary/aromatic N) is 1. The molecule has 3 aromatic rings. The molecule has 2 aromatic heterocycles. The molecule has 0 saturated heterocycles. The van der Waals surface area contributed by atoms with E-state index in [0.717, 1.165) is 5.69 Å². The number of hydrogen-bond donors (Lipinski definition) is 0. The first kappa shape index (κ1) is 11.8. The van der Waals surface area contributed by atoms with Gasteiger partial charge in [-0.2, -0.15) is 0 Å². The molecule has 0 bridgehead atoms. The van der Waals surface area contributed by atoms with Crippen molar-refractivity contribution in [2.75, 3.05) is 0 Å². The SMILES string of the molecule is CC.c1ccc(-c2cc3ccccc3s2)nc1. The highest BCUT2D eigenvalue weighted by Gasteiger charge is 2.03. The quantitative estimate of drug-likeness (QED) is 0.585. The van der Waals surface area contributed by atoms with Crippen LogP contribution in [0, 0.1) is 0 Å². The average Bonchev–Trinajstić information content (AvgIpc) is 2.86. The number of hydrogen-bond acceptors (Lipinski definition) is 2. The second-order valence-corrected chi connectivity index (χ2v) is 4.45. The zero-order valence-electron chi connectivity index (χ0n) is 10.1. The monoisotopic (exact) mass is 241 g/mol. The minimum atomic E-state index is 1.05. The fourth-order valence-electron chi connectivity index (χ4n) is 1.62. The lowest BCUT2D eigenvalue weighted by Crippen LogP contribution is -1.75. The maximum atomic E-state index is 4.35. The number of pyridine rings is 1. The first-order chi connectivity index (χ1) is 8.43. The fourth-order valence-corrected chi connectivity index (χ4v) is 2.66. The lowest BCUT2D eigenvalue weighted by atomic mass is 10.2. The molecule has 2 heteroatoms. The van der Waals surface area contributed by atoms with Gasteiger partial charge in [-0.15, -0.1) is 11.3 Å². The van der Waals surface area contributed by atoms with E-state index in [1.54, 1.807) is 11.3 Å². The van der Waals surface area contributed by atoms with Gasteiger partial charge in [0.05, 0.1) is 10.6 Å². The molecule has 0 aliphatic heterocycles. The van der Waals surface area contributed by atoms with Crippen LogP contribution in [0.2, 0.25) is 0 Å². The summed E-state index contributed by atoms with van der Waals surface area (Å²) in [7, 11) is 0. The zero-order chi connectivity index (χ0) is 12.1. The van der Waals surface area contributed by atoms with Gasteiger partial charge in [0.15, 0.2) is 0 Å². The van der Waals surface area contributed by atoms with Gasteiger partial charge in [0, 0.05) is 10.9 Å². The van der Waals surface area contributed by atoms with Crippen molar-refractivity contribution >= 4 is 21.4 Å². The summed E-state index contributed by atoms with van der Waals surface area (Å²) in [6, 6.07) is 16.6. The van der Waals surface area contributed by atoms with Crippen molar-refractivity contribution in [1.82, 2.24) is 4.98 Å². The van der Waals surface area contributed by atoms with Crippen molar-refractivity contribution in [2.45, 2.75) is 13.8 Å². The molecule has 2 heterocycles. The Balaban J connectivity index is 0.000000514. The molecule has 0 aliphatic rings. The van der Waals surface area contributed by atoms with Crippen LogP contribution >= 0.6 is 11.3 Å². The molecule has 0 aliphatic carbocycles. The Hall–Kier alpha value is -1.67. The lowest BCUT2D eigenvalue weighted by molar-refractivity contribution is 1.34. The number of rotatable bonds is 1. The van der Waals surface area contributed by atoms with E-state index in [1.807, 2.05) is 38.2 Å². The summed E-state index contributed by atoms with van der Waals surface area (Å²) in [5.74, 6) is 0. The summed E-state index contributed by atoms with van der Waals surface area (Å²) in [5, 5.41) is 1.29. The molecule has 0 spiro atoms. The van der Waals surface area contributed by atoms with Crippen LogP contribution in [0.4, 0.5) is 0 Å². The van der Waals surface area contributed by atoms with Crippen LogP contribution < -0.4 is 0 Å². The first-order valence-electron chi connectivity index (χ1n) is 5.83. The molecular formula is C15H15NS. The van der Waals surface area contributed by atoms with E-state index >= 15 is 0 Å². The highest BCUT2D eigenvalue weighted by atomic mass is 32.1. The van der Waals surface area contributed by atoms with Crippen LogP contribution in [-0.2, 0) is 0 Å². The first-order valence-corrected chi connectivity index (χ1v) is 6.65.